The first-order valence-electron chi connectivity index (χ1n) is 13.6. The van der Waals surface area contributed by atoms with Gasteiger partial charge in [-0.1, -0.05) is 20.8 Å². The average molecular weight is 601 g/mol. The number of aromatic nitrogens is 2. The van der Waals surface area contributed by atoms with Gasteiger partial charge in [0.1, 0.15) is 12.2 Å². The maximum Gasteiger partial charge on any atom is 0.415 e. The first-order chi connectivity index (χ1) is 19.8. The number of likely N-dealkylation sites (tertiary alicyclic amines) is 1. The predicted octanol–water partition coefficient (Wildman–Crippen LogP) is 6.06. The van der Waals surface area contributed by atoms with Crippen LogP contribution in [-0.4, -0.2) is 62.9 Å². The van der Waals surface area contributed by atoms with E-state index in [2.05, 4.69) is 10.3 Å². The van der Waals surface area contributed by atoms with Gasteiger partial charge in [-0.2, -0.15) is 5.26 Å². The molecule has 1 saturated heterocycles. The van der Waals surface area contributed by atoms with Crippen molar-refractivity contribution in [3.05, 3.63) is 40.1 Å². The molecule has 1 aromatic carbocycles. The molecule has 0 unspecified atom stereocenters. The number of imidazole rings is 1. The number of nitrogens with zero attached hydrogens (tertiary/aromatic N) is 5. The van der Waals surface area contributed by atoms with Crippen molar-refractivity contribution < 1.29 is 27.9 Å². The molecule has 1 aliphatic heterocycles. The molecule has 0 spiro atoms. The molecule has 42 heavy (non-hydrogen) atoms. The lowest BCUT2D eigenvalue weighted by molar-refractivity contribution is -0.131. The first kappa shape index (κ1) is 30.9. The van der Waals surface area contributed by atoms with Crippen molar-refractivity contribution in [1.29, 1.82) is 5.26 Å². The van der Waals surface area contributed by atoms with Gasteiger partial charge in [0.25, 0.3) is 12.3 Å². The number of carbonyl (C=O) groups is 3. The highest BCUT2D eigenvalue weighted by atomic mass is 32.1. The van der Waals surface area contributed by atoms with Gasteiger partial charge in [-0.25, -0.2) is 18.6 Å². The number of benzene rings is 1. The van der Waals surface area contributed by atoms with Crippen molar-refractivity contribution >= 4 is 46.2 Å². The number of thiophene rings is 1. The van der Waals surface area contributed by atoms with E-state index < -0.39 is 18.4 Å². The Bertz CT molecular complexity index is 1520. The zero-order chi connectivity index (χ0) is 30.8. The Morgan fingerprint density at radius 2 is 2.00 bits per heavy atom. The number of halogens is 2. The summed E-state index contributed by atoms with van der Waals surface area (Å²) in [6, 6.07) is 9.03. The van der Waals surface area contributed by atoms with E-state index in [-0.39, 0.29) is 57.8 Å². The Kier molecular flexibility index (Phi) is 9.15. The van der Waals surface area contributed by atoms with Crippen LogP contribution in [0.3, 0.4) is 0 Å². The lowest BCUT2D eigenvalue weighted by Crippen LogP contribution is -2.44. The Morgan fingerprint density at radius 1 is 1.26 bits per heavy atom. The Hall–Kier alpha value is -4.05. The van der Waals surface area contributed by atoms with E-state index >= 15 is 0 Å². The van der Waals surface area contributed by atoms with Gasteiger partial charge in [-0.3, -0.25) is 14.9 Å². The summed E-state index contributed by atoms with van der Waals surface area (Å²) in [6.07, 6.45) is -1.99. The van der Waals surface area contributed by atoms with E-state index in [0.29, 0.717) is 35.3 Å². The van der Waals surface area contributed by atoms with E-state index in [4.69, 9.17) is 10.00 Å². The van der Waals surface area contributed by atoms with Crippen molar-refractivity contribution in [3.63, 3.8) is 0 Å². The highest BCUT2D eigenvalue weighted by Crippen LogP contribution is 2.31. The van der Waals surface area contributed by atoms with Gasteiger partial charge in [0, 0.05) is 38.3 Å². The summed E-state index contributed by atoms with van der Waals surface area (Å²) in [5.41, 5.74) is 0.875. The van der Waals surface area contributed by atoms with Crippen LogP contribution in [0.1, 0.15) is 67.9 Å². The number of fused-ring (bicyclic) bond motifs is 1. The van der Waals surface area contributed by atoms with E-state index in [9.17, 15) is 23.2 Å². The minimum Gasteiger partial charge on any atom is -0.410 e. The van der Waals surface area contributed by atoms with Crippen LogP contribution < -0.4 is 10.1 Å². The number of ether oxygens (including phenoxy) is 1. The van der Waals surface area contributed by atoms with E-state index in [1.165, 1.54) is 17.0 Å². The molecule has 1 aliphatic rings. The summed E-state index contributed by atoms with van der Waals surface area (Å²) in [6.45, 7) is 8.82. The number of amides is 3. The predicted molar refractivity (Wildman–Crippen MR) is 155 cm³/mol. The third kappa shape index (κ3) is 6.70. The highest BCUT2D eigenvalue weighted by molar-refractivity contribution is 7.14. The van der Waals surface area contributed by atoms with Crippen molar-refractivity contribution in [2.24, 2.45) is 5.41 Å². The number of hydrogen-bond donors (Lipinski definition) is 1. The molecule has 3 aromatic rings. The summed E-state index contributed by atoms with van der Waals surface area (Å²) < 4.78 is 33.6. The normalized spacial score (nSPS) is 16.0. The minimum atomic E-state index is -2.69. The van der Waals surface area contributed by atoms with Crippen molar-refractivity contribution in [2.45, 2.75) is 72.0 Å². The molecule has 2 aromatic heterocycles. The lowest BCUT2D eigenvalue weighted by Gasteiger charge is -2.34. The molecular weight excluding hydrogens is 566 g/mol. The summed E-state index contributed by atoms with van der Waals surface area (Å²) in [5, 5.41) is 11.7. The minimum absolute atomic E-state index is 0.0984. The van der Waals surface area contributed by atoms with Gasteiger partial charge in [-0.15, -0.1) is 11.3 Å². The topological polar surface area (TPSA) is 121 Å². The molecule has 4 rings (SSSR count). The fraction of sp³-hybridized carbons (Fsp3) is 0.483. The largest absolute Gasteiger partial charge is 0.415 e. The first-order valence-corrected chi connectivity index (χ1v) is 14.4. The molecule has 0 saturated carbocycles. The van der Waals surface area contributed by atoms with Gasteiger partial charge in [0.05, 0.1) is 26.9 Å². The zero-order valence-electron chi connectivity index (χ0n) is 24.2. The highest BCUT2D eigenvalue weighted by Gasteiger charge is 2.31. The standard InChI is InChI=1S/C29H34F2N6O4S/c1-17(29(2,3)4)35(5)28(40)41-19-8-9-21-20(15-19)33-27(34-26(39)23-11-10-22(42-23)25(30)31)37(21)16-18-7-6-14-36(18)24(38)12-13-32/h8-11,15,17-18,25H,6-7,12,14,16H2,1-5H3,(H,33,34,39)/t17-,18+/m0/s1. The van der Waals surface area contributed by atoms with E-state index in [1.54, 1.807) is 34.7 Å². The lowest BCUT2D eigenvalue weighted by atomic mass is 9.87. The molecule has 0 bridgehead atoms. The molecule has 3 heterocycles. The number of carbonyl (C=O) groups excluding carboxylic acids is 3. The fourth-order valence-corrected chi connectivity index (χ4v) is 5.61. The van der Waals surface area contributed by atoms with Crippen molar-refractivity contribution in [1.82, 2.24) is 19.4 Å². The third-order valence-corrected chi connectivity index (χ3v) is 8.75. The third-order valence-electron chi connectivity index (χ3n) is 7.66. The number of rotatable bonds is 8. The Balaban J connectivity index is 1.65. The van der Waals surface area contributed by atoms with Gasteiger partial charge in [-0.05, 0) is 49.4 Å². The number of alkyl halides is 2. The summed E-state index contributed by atoms with van der Waals surface area (Å²) in [7, 11) is 1.67. The average Bonchev–Trinajstić information content (AvgIpc) is 3.67. The van der Waals surface area contributed by atoms with Gasteiger partial charge in [0.15, 0.2) is 0 Å². The number of hydrogen-bond acceptors (Lipinski definition) is 7. The quantitative estimate of drug-likeness (QED) is 0.336. The second-order valence-corrected chi connectivity index (χ2v) is 12.5. The molecule has 13 heteroatoms. The smallest absolute Gasteiger partial charge is 0.410 e. The van der Waals surface area contributed by atoms with E-state index in [1.807, 2.05) is 33.8 Å². The SMILES string of the molecule is C[C@H](N(C)C(=O)Oc1ccc2c(c1)nc(NC(=O)c1ccc(C(F)F)s1)n2C[C@H]1CCCN1C(=O)CC#N)C(C)(C)C. The molecule has 10 nitrogen and oxygen atoms in total. The Labute approximate surface area is 246 Å². The fourth-order valence-electron chi connectivity index (χ4n) is 4.85. The molecule has 224 valence electrons. The molecular formula is C29H34F2N6O4S. The molecule has 1 N–H and O–H groups in total. The van der Waals surface area contributed by atoms with Crippen LogP contribution in [0.15, 0.2) is 30.3 Å². The van der Waals surface area contributed by atoms with E-state index in [0.717, 1.165) is 6.42 Å². The summed E-state index contributed by atoms with van der Waals surface area (Å²) in [4.78, 5) is 46.1. The van der Waals surface area contributed by atoms with Gasteiger partial charge >= 0.3 is 6.09 Å². The zero-order valence-corrected chi connectivity index (χ0v) is 25.0. The van der Waals surface area contributed by atoms with Crippen LogP contribution in [0.5, 0.6) is 5.75 Å². The van der Waals surface area contributed by atoms with Crippen molar-refractivity contribution in [2.75, 3.05) is 18.9 Å². The molecule has 0 radical (unpaired) electrons. The summed E-state index contributed by atoms with van der Waals surface area (Å²) in [5.74, 6) is -0.453. The number of anilines is 1. The number of nitrogens with one attached hydrogen (secondary N) is 1. The maximum absolute atomic E-state index is 13.1. The van der Waals surface area contributed by atoms with Crippen molar-refractivity contribution in [3.8, 4) is 11.8 Å². The maximum atomic E-state index is 13.1. The monoisotopic (exact) mass is 600 g/mol. The van der Waals surface area contributed by atoms with Crippen LogP contribution >= 0.6 is 11.3 Å². The van der Waals surface area contributed by atoms with Crippen LogP contribution in [0, 0.1) is 16.7 Å². The second kappa shape index (κ2) is 12.4. The number of nitriles is 1. The van der Waals surface area contributed by atoms with Gasteiger partial charge in [0.2, 0.25) is 11.9 Å². The molecule has 1 fully saturated rings. The second-order valence-electron chi connectivity index (χ2n) is 11.4. The van der Waals surface area contributed by atoms with Crippen LogP contribution in [0.4, 0.5) is 19.5 Å². The molecule has 0 aliphatic carbocycles. The van der Waals surface area contributed by atoms with Crippen LogP contribution in [0.2, 0.25) is 0 Å². The molecule has 3 amide bonds. The van der Waals surface area contributed by atoms with Crippen LogP contribution in [0.25, 0.3) is 11.0 Å². The molecule has 2 atom stereocenters. The Morgan fingerprint density at radius 3 is 2.64 bits per heavy atom. The summed E-state index contributed by atoms with van der Waals surface area (Å²) >= 11 is 0.695. The van der Waals surface area contributed by atoms with Crippen LogP contribution in [-0.2, 0) is 11.3 Å². The van der Waals surface area contributed by atoms with Gasteiger partial charge < -0.3 is 19.1 Å².